The van der Waals surface area contributed by atoms with Gasteiger partial charge in [-0.2, -0.15) is 0 Å². The molecular weight excluding hydrogens is 582 g/mol. The number of H-pyrrole nitrogens is 1. The molecule has 0 spiro atoms. The molecule has 1 N–H and O–H groups in total. The summed E-state index contributed by atoms with van der Waals surface area (Å²) in [5, 5.41) is -0.166. The van der Waals surface area contributed by atoms with E-state index in [1.165, 1.54) is 23.9 Å². The highest BCUT2D eigenvalue weighted by Gasteiger charge is 2.56. The third kappa shape index (κ3) is 5.23. The van der Waals surface area contributed by atoms with E-state index in [2.05, 4.69) is 4.98 Å². The summed E-state index contributed by atoms with van der Waals surface area (Å²) in [7, 11) is 0. The van der Waals surface area contributed by atoms with E-state index in [-0.39, 0.29) is 35.8 Å². The first-order valence-electron chi connectivity index (χ1n) is 13.5. The topological polar surface area (TPSA) is 135 Å². The maximum Gasteiger partial charge on any atom is 0.338 e. The molecule has 2 aromatic carbocycles. The number of amides is 3. The van der Waals surface area contributed by atoms with Gasteiger partial charge in [-0.25, -0.2) is 9.69 Å². The largest absolute Gasteiger partial charge is 0.484 e. The van der Waals surface area contributed by atoms with Gasteiger partial charge in [0.1, 0.15) is 11.0 Å². The molecule has 0 radical (unpaired) electrons. The zero-order chi connectivity index (χ0) is 29.4. The number of imide groups is 1. The van der Waals surface area contributed by atoms with Crippen molar-refractivity contribution in [3.05, 3.63) is 74.2 Å². The number of aromatic amines is 1. The van der Waals surface area contributed by atoms with Crippen LogP contribution >= 0.6 is 23.1 Å². The molecular formula is C29H27N3O8S2. The van der Waals surface area contributed by atoms with Gasteiger partial charge in [-0.15, -0.1) is 0 Å². The molecule has 0 unspecified atom stereocenters. The molecule has 4 heterocycles. The molecule has 11 nitrogen and oxygen atoms in total. The van der Waals surface area contributed by atoms with Crippen molar-refractivity contribution in [3.63, 3.8) is 0 Å². The van der Waals surface area contributed by atoms with Gasteiger partial charge in [0, 0.05) is 23.9 Å². The van der Waals surface area contributed by atoms with Crippen molar-refractivity contribution in [1.82, 2.24) is 9.88 Å². The average molecular weight is 610 g/mol. The Morgan fingerprint density at radius 1 is 1.00 bits per heavy atom. The number of ether oxygens (including phenoxy) is 3. The number of esters is 1. The Kier molecular flexibility index (Phi) is 7.88. The van der Waals surface area contributed by atoms with Crippen LogP contribution in [0.2, 0.25) is 0 Å². The van der Waals surface area contributed by atoms with Crippen LogP contribution in [0.5, 0.6) is 5.75 Å². The predicted molar refractivity (Wildman–Crippen MR) is 154 cm³/mol. The number of carbonyl (C=O) groups is 4. The predicted octanol–water partition coefficient (Wildman–Crippen LogP) is 2.65. The van der Waals surface area contributed by atoms with Crippen LogP contribution in [0, 0.1) is 5.92 Å². The van der Waals surface area contributed by atoms with Crippen LogP contribution in [0.15, 0.2) is 58.4 Å². The van der Waals surface area contributed by atoms with Crippen molar-refractivity contribution in [1.29, 1.82) is 0 Å². The van der Waals surface area contributed by atoms with Crippen LogP contribution in [0.25, 0.3) is 0 Å². The van der Waals surface area contributed by atoms with E-state index in [0.29, 0.717) is 53.2 Å². The number of hydrogen-bond acceptors (Lipinski definition) is 10. The van der Waals surface area contributed by atoms with Crippen LogP contribution < -0.4 is 14.5 Å². The van der Waals surface area contributed by atoms with E-state index in [4.69, 9.17) is 14.2 Å². The van der Waals surface area contributed by atoms with Crippen molar-refractivity contribution in [2.75, 3.05) is 44.4 Å². The number of aromatic nitrogens is 1. The Labute approximate surface area is 248 Å². The molecule has 0 saturated carbocycles. The molecule has 3 atom stereocenters. The number of thiazole rings is 1. The minimum absolute atomic E-state index is 0.107. The number of benzene rings is 2. The van der Waals surface area contributed by atoms with Gasteiger partial charge >= 0.3 is 10.8 Å². The Bertz CT molecular complexity index is 1580. The van der Waals surface area contributed by atoms with Crippen molar-refractivity contribution in [2.24, 2.45) is 5.92 Å². The van der Waals surface area contributed by atoms with E-state index in [1.807, 2.05) is 0 Å². The highest BCUT2D eigenvalue weighted by molar-refractivity contribution is 8.00. The van der Waals surface area contributed by atoms with Crippen molar-refractivity contribution in [2.45, 2.75) is 23.1 Å². The standard InChI is InChI=1S/C29H27N3O8S2/c1-2-39-28(36)17-3-7-18(8-4-17)32-26(34)22-21(23-25(30-29(37)42-23)41-24(22)27(32)35)16-5-9-19(10-6-16)40-15-20(33)31-11-13-38-14-12-31/h3-10,21-22,24H,2,11-15H2,1H3,(H,30,37)/t21-,22-,24+/m0/s1. The number of rotatable bonds is 7. The van der Waals surface area contributed by atoms with Gasteiger partial charge in [0.05, 0.1) is 42.0 Å². The lowest BCUT2D eigenvalue weighted by Gasteiger charge is -2.30. The maximum atomic E-state index is 13.9. The Balaban J connectivity index is 1.25. The molecule has 2 saturated heterocycles. The Morgan fingerprint density at radius 2 is 1.71 bits per heavy atom. The minimum atomic E-state index is -0.749. The van der Waals surface area contributed by atoms with E-state index in [0.717, 1.165) is 21.8 Å². The van der Waals surface area contributed by atoms with E-state index >= 15 is 0 Å². The third-order valence-corrected chi connectivity index (χ3v) is 9.83. The fourth-order valence-electron chi connectivity index (χ4n) is 5.41. The smallest absolute Gasteiger partial charge is 0.338 e. The summed E-state index contributed by atoms with van der Waals surface area (Å²) < 4.78 is 16.0. The molecule has 0 aliphatic carbocycles. The molecule has 13 heteroatoms. The van der Waals surface area contributed by atoms with Crippen LogP contribution in [-0.4, -0.2) is 78.3 Å². The molecule has 6 rings (SSSR count). The monoisotopic (exact) mass is 609 g/mol. The summed E-state index contributed by atoms with van der Waals surface area (Å²) in [6, 6.07) is 13.2. The maximum absolute atomic E-state index is 13.9. The quantitative estimate of drug-likeness (QED) is 0.317. The van der Waals surface area contributed by atoms with Gasteiger partial charge < -0.3 is 24.1 Å². The molecule has 3 aliphatic rings. The van der Waals surface area contributed by atoms with Gasteiger partial charge in [-0.1, -0.05) is 35.2 Å². The van der Waals surface area contributed by atoms with Crippen molar-refractivity contribution in [3.8, 4) is 5.75 Å². The molecule has 3 aliphatic heterocycles. The molecule has 2 fully saturated rings. The molecule has 218 valence electrons. The number of thioether (sulfide) groups is 1. The number of nitrogens with one attached hydrogen (secondary N) is 1. The van der Waals surface area contributed by atoms with Crippen LogP contribution in [0.1, 0.15) is 33.6 Å². The molecule has 1 aromatic heterocycles. The Hall–Kier alpha value is -3.94. The number of nitrogens with zero attached hydrogens (tertiary/aromatic N) is 2. The normalized spacial score (nSPS) is 21.6. The van der Waals surface area contributed by atoms with Crippen molar-refractivity contribution < 1.29 is 33.4 Å². The number of anilines is 1. The summed E-state index contributed by atoms with van der Waals surface area (Å²) in [5.74, 6) is -2.18. The lowest BCUT2D eigenvalue weighted by Crippen LogP contribution is -2.42. The van der Waals surface area contributed by atoms with Gasteiger partial charge in [-0.3, -0.25) is 19.2 Å². The Morgan fingerprint density at radius 3 is 2.40 bits per heavy atom. The highest BCUT2D eigenvalue weighted by atomic mass is 32.2. The average Bonchev–Trinajstić information content (AvgIpc) is 3.50. The molecule has 42 heavy (non-hydrogen) atoms. The second kappa shape index (κ2) is 11.7. The molecule has 3 aromatic rings. The van der Waals surface area contributed by atoms with Gasteiger partial charge in [0.25, 0.3) is 5.91 Å². The summed E-state index contributed by atoms with van der Waals surface area (Å²) in [4.78, 5) is 70.5. The van der Waals surface area contributed by atoms with Gasteiger partial charge in [0.2, 0.25) is 11.8 Å². The van der Waals surface area contributed by atoms with Crippen LogP contribution in [0.4, 0.5) is 5.69 Å². The fourth-order valence-corrected chi connectivity index (χ4v) is 7.93. The summed E-state index contributed by atoms with van der Waals surface area (Å²) >= 11 is 2.22. The fraction of sp³-hybridized carbons (Fsp3) is 0.345. The lowest BCUT2D eigenvalue weighted by atomic mass is 9.83. The first-order chi connectivity index (χ1) is 20.4. The van der Waals surface area contributed by atoms with E-state index in [9.17, 15) is 24.0 Å². The van der Waals surface area contributed by atoms with Crippen LogP contribution in [0.3, 0.4) is 0 Å². The van der Waals surface area contributed by atoms with Gasteiger partial charge in [-0.05, 0) is 48.9 Å². The summed E-state index contributed by atoms with van der Waals surface area (Å²) in [6.07, 6.45) is 0. The zero-order valence-electron chi connectivity index (χ0n) is 22.6. The number of hydrogen-bond donors (Lipinski definition) is 1. The summed E-state index contributed by atoms with van der Waals surface area (Å²) in [6.45, 7) is 3.92. The first kappa shape index (κ1) is 28.2. The molecule has 0 bridgehead atoms. The highest BCUT2D eigenvalue weighted by Crippen LogP contribution is 2.53. The SMILES string of the molecule is CCOC(=O)c1ccc(N2C(=O)[C@H]3[C@H](c4ccc(OCC(=O)N5CCOCC5)cc4)c4sc(=O)[nH]c4S[C@H]3C2=O)cc1. The summed E-state index contributed by atoms with van der Waals surface area (Å²) in [5.41, 5.74) is 1.42. The van der Waals surface area contributed by atoms with E-state index < -0.39 is 23.1 Å². The van der Waals surface area contributed by atoms with Crippen LogP contribution in [-0.2, 0) is 23.9 Å². The second-order valence-corrected chi connectivity index (χ2v) is 12.0. The van der Waals surface area contributed by atoms with Crippen molar-refractivity contribution >= 4 is 52.5 Å². The number of carbonyl (C=O) groups excluding carboxylic acids is 4. The molecule has 3 amide bonds. The zero-order valence-corrected chi connectivity index (χ0v) is 24.2. The van der Waals surface area contributed by atoms with E-state index in [1.54, 1.807) is 48.2 Å². The minimum Gasteiger partial charge on any atom is -0.484 e. The number of morpholine rings is 1. The lowest BCUT2D eigenvalue weighted by molar-refractivity contribution is -0.137. The second-order valence-electron chi connectivity index (χ2n) is 9.88. The number of fused-ring (bicyclic) bond motifs is 2. The first-order valence-corrected chi connectivity index (χ1v) is 15.2. The third-order valence-electron chi connectivity index (χ3n) is 7.43. The van der Waals surface area contributed by atoms with Gasteiger partial charge in [0.15, 0.2) is 6.61 Å².